The Morgan fingerprint density at radius 3 is 2.62 bits per heavy atom. The summed E-state index contributed by atoms with van der Waals surface area (Å²) >= 11 is 0.599. The second kappa shape index (κ2) is 4.52. The van der Waals surface area contributed by atoms with Crippen LogP contribution in [0.25, 0.3) is 0 Å². The van der Waals surface area contributed by atoms with Gasteiger partial charge >= 0.3 is 104 Å². The molecule has 0 amide bonds. The van der Waals surface area contributed by atoms with E-state index in [1.165, 1.54) is 23.7 Å². The molecule has 1 nitrogen and oxygen atoms in total. The fourth-order valence-corrected chi connectivity index (χ4v) is 6.55. The molecule has 4 atom stereocenters. The van der Waals surface area contributed by atoms with Crippen LogP contribution in [0.15, 0.2) is 30.3 Å². The Hall–Kier alpha value is -0.301. The van der Waals surface area contributed by atoms with Crippen LogP contribution in [-0.4, -0.2) is 28.2 Å². The molecule has 0 heterocycles. The third-order valence-corrected chi connectivity index (χ3v) is 7.14. The van der Waals surface area contributed by atoms with Crippen LogP contribution in [-0.2, 0) is 4.74 Å². The predicted octanol–water partition coefficient (Wildman–Crippen LogP) is 2.25. The van der Waals surface area contributed by atoms with Gasteiger partial charge in [-0.2, -0.15) is 0 Å². The molecule has 0 unspecified atom stereocenters. The van der Waals surface area contributed by atoms with E-state index in [1.54, 1.807) is 0 Å². The van der Waals surface area contributed by atoms with Crippen LogP contribution in [0.2, 0.25) is 4.82 Å². The summed E-state index contributed by atoms with van der Waals surface area (Å²) in [5.74, 6) is 1.82. The molecule has 1 aromatic carbocycles. The minimum absolute atomic E-state index is 0.555. The van der Waals surface area contributed by atoms with E-state index in [4.69, 9.17) is 4.74 Å². The number of methoxy groups -OCH3 is 1. The Balaban J connectivity index is 1.75. The monoisotopic (exact) mass is 282 g/mol. The standard InChI is InChI=1S/C14H18OSe/c1-15-13-10-7-8-11(9-10)14(13)16-12-5-3-2-4-6-12/h2-6,10-11,13-14H,7-9H2,1H3/t10-,11+,13+,14-/m0/s1. The molecule has 2 bridgehead atoms. The van der Waals surface area contributed by atoms with Gasteiger partial charge < -0.3 is 0 Å². The fourth-order valence-electron chi connectivity index (χ4n) is 3.33. The molecule has 1 aromatic rings. The molecule has 0 radical (unpaired) electrons. The van der Waals surface area contributed by atoms with E-state index in [-0.39, 0.29) is 0 Å². The van der Waals surface area contributed by atoms with Gasteiger partial charge in [0.15, 0.2) is 0 Å². The number of hydrogen-bond acceptors (Lipinski definition) is 1. The Morgan fingerprint density at radius 2 is 1.88 bits per heavy atom. The van der Waals surface area contributed by atoms with Gasteiger partial charge in [0.25, 0.3) is 0 Å². The van der Waals surface area contributed by atoms with Crippen molar-refractivity contribution in [1.82, 2.24) is 0 Å². The summed E-state index contributed by atoms with van der Waals surface area (Å²) in [6.45, 7) is 0. The first-order valence-electron chi connectivity index (χ1n) is 6.13. The van der Waals surface area contributed by atoms with Gasteiger partial charge in [-0.1, -0.05) is 0 Å². The van der Waals surface area contributed by atoms with E-state index in [0.717, 1.165) is 16.7 Å². The zero-order valence-electron chi connectivity index (χ0n) is 9.63. The van der Waals surface area contributed by atoms with Crippen molar-refractivity contribution in [3.05, 3.63) is 30.3 Å². The molecule has 3 rings (SSSR count). The van der Waals surface area contributed by atoms with Crippen molar-refractivity contribution in [2.24, 2.45) is 11.8 Å². The molecular formula is C14H18OSe. The van der Waals surface area contributed by atoms with E-state index in [1.807, 2.05) is 7.11 Å². The summed E-state index contributed by atoms with van der Waals surface area (Å²) in [5, 5.41) is 0. The molecule has 86 valence electrons. The summed E-state index contributed by atoms with van der Waals surface area (Å²) < 4.78 is 7.28. The number of ether oxygens (including phenoxy) is 1. The van der Waals surface area contributed by atoms with Crippen LogP contribution in [0.3, 0.4) is 0 Å². The van der Waals surface area contributed by atoms with E-state index in [9.17, 15) is 0 Å². The first-order valence-corrected chi connectivity index (χ1v) is 7.97. The Kier molecular flexibility index (Phi) is 3.06. The van der Waals surface area contributed by atoms with Gasteiger partial charge in [-0.05, 0) is 0 Å². The predicted molar refractivity (Wildman–Crippen MR) is 67.2 cm³/mol. The van der Waals surface area contributed by atoms with Crippen LogP contribution in [0.5, 0.6) is 0 Å². The van der Waals surface area contributed by atoms with Gasteiger partial charge in [0.05, 0.1) is 0 Å². The van der Waals surface area contributed by atoms with Crippen molar-refractivity contribution in [3.8, 4) is 0 Å². The summed E-state index contributed by atoms with van der Waals surface area (Å²) in [6.07, 6.45) is 4.84. The second-order valence-electron chi connectivity index (χ2n) is 4.93. The quantitative estimate of drug-likeness (QED) is 0.772. The van der Waals surface area contributed by atoms with Crippen molar-refractivity contribution in [2.75, 3.05) is 7.11 Å². The number of fused-ring (bicyclic) bond motifs is 2. The van der Waals surface area contributed by atoms with E-state index >= 15 is 0 Å². The maximum atomic E-state index is 5.75. The number of rotatable bonds is 3. The Labute approximate surface area is 104 Å². The molecule has 0 N–H and O–H groups in total. The van der Waals surface area contributed by atoms with Crippen LogP contribution >= 0.6 is 0 Å². The van der Waals surface area contributed by atoms with Gasteiger partial charge in [-0.3, -0.25) is 0 Å². The molecule has 2 fully saturated rings. The molecule has 2 heteroatoms. The summed E-state index contributed by atoms with van der Waals surface area (Å²) in [4.78, 5) is 0.832. The van der Waals surface area contributed by atoms with Gasteiger partial charge in [-0.15, -0.1) is 0 Å². The number of benzene rings is 1. The van der Waals surface area contributed by atoms with Crippen molar-refractivity contribution >= 4 is 19.4 Å². The van der Waals surface area contributed by atoms with Crippen LogP contribution < -0.4 is 4.46 Å². The third kappa shape index (κ3) is 1.83. The zero-order chi connectivity index (χ0) is 11.0. The van der Waals surface area contributed by atoms with Crippen LogP contribution in [0.4, 0.5) is 0 Å². The van der Waals surface area contributed by atoms with Crippen molar-refractivity contribution < 1.29 is 4.74 Å². The van der Waals surface area contributed by atoms with Crippen LogP contribution in [0.1, 0.15) is 19.3 Å². The third-order valence-electron chi connectivity index (χ3n) is 4.05. The topological polar surface area (TPSA) is 9.23 Å². The van der Waals surface area contributed by atoms with E-state index in [0.29, 0.717) is 21.1 Å². The summed E-state index contributed by atoms with van der Waals surface area (Å²) in [7, 11) is 1.90. The molecule has 2 aliphatic rings. The van der Waals surface area contributed by atoms with Gasteiger partial charge in [-0.25, -0.2) is 0 Å². The van der Waals surface area contributed by atoms with E-state index < -0.39 is 0 Å². The molecule has 0 spiro atoms. The average molecular weight is 281 g/mol. The average Bonchev–Trinajstić information content (AvgIpc) is 2.91. The Morgan fingerprint density at radius 1 is 1.12 bits per heavy atom. The van der Waals surface area contributed by atoms with Crippen molar-refractivity contribution in [2.45, 2.75) is 30.2 Å². The Bertz CT molecular complexity index is 351. The maximum absolute atomic E-state index is 5.75. The molecular weight excluding hydrogens is 263 g/mol. The SMILES string of the molecule is CO[C@@H]1[C@H]2CC[C@H](C2)[C@@H]1[Se]c1ccccc1. The van der Waals surface area contributed by atoms with Gasteiger partial charge in [0.1, 0.15) is 0 Å². The van der Waals surface area contributed by atoms with Crippen molar-refractivity contribution in [3.63, 3.8) is 0 Å². The number of hydrogen-bond donors (Lipinski definition) is 0. The first kappa shape index (κ1) is 10.8. The molecule has 0 aliphatic heterocycles. The summed E-state index contributed by atoms with van der Waals surface area (Å²) in [6, 6.07) is 11.0. The fraction of sp³-hybridized carbons (Fsp3) is 0.571. The van der Waals surface area contributed by atoms with E-state index in [2.05, 4.69) is 30.3 Å². The second-order valence-corrected chi connectivity index (χ2v) is 7.55. The van der Waals surface area contributed by atoms with Gasteiger partial charge in [0.2, 0.25) is 0 Å². The summed E-state index contributed by atoms with van der Waals surface area (Å²) in [5.41, 5.74) is 0. The van der Waals surface area contributed by atoms with Crippen molar-refractivity contribution in [1.29, 1.82) is 0 Å². The molecule has 0 aromatic heterocycles. The molecule has 16 heavy (non-hydrogen) atoms. The normalized spacial score (nSPS) is 36.8. The molecule has 0 saturated heterocycles. The molecule has 2 saturated carbocycles. The zero-order valence-corrected chi connectivity index (χ0v) is 11.3. The van der Waals surface area contributed by atoms with Crippen LogP contribution in [0, 0.1) is 11.8 Å². The first-order chi connectivity index (χ1) is 7.88. The molecule has 2 aliphatic carbocycles. The minimum atomic E-state index is 0.555. The van der Waals surface area contributed by atoms with Gasteiger partial charge in [0, 0.05) is 0 Å².